The van der Waals surface area contributed by atoms with Crippen LogP contribution in [0.2, 0.25) is 5.02 Å². The van der Waals surface area contributed by atoms with Gasteiger partial charge >= 0.3 is 0 Å². The summed E-state index contributed by atoms with van der Waals surface area (Å²) in [5, 5.41) is 0.769. The molecule has 2 aromatic rings. The molecule has 1 aliphatic heterocycles. The number of rotatable bonds is 3. The molecule has 0 unspecified atom stereocenters. The van der Waals surface area contributed by atoms with Crippen LogP contribution in [0.1, 0.15) is 5.56 Å². The smallest absolute Gasteiger partial charge is 0.225 e. The van der Waals surface area contributed by atoms with Gasteiger partial charge < -0.3 is 9.80 Å². The number of anilines is 2. The number of hydrogen-bond donors (Lipinski definition) is 0. The number of halogens is 2. The van der Waals surface area contributed by atoms with Crippen molar-refractivity contribution in [3.63, 3.8) is 0 Å². The summed E-state index contributed by atoms with van der Waals surface area (Å²) in [5.41, 5.74) is 2.15. The van der Waals surface area contributed by atoms with E-state index in [-0.39, 0.29) is 0 Å². The third kappa shape index (κ3) is 3.39. The molecule has 0 radical (unpaired) electrons. The maximum absolute atomic E-state index is 5.93. The molecule has 1 fully saturated rings. The first kappa shape index (κ1) is 14.4. The highest BCUT2D eigenvalue weighted by atomic mass is 35.5. The molecule has 6 heteroatoms. The Morgan fingerprint density at radius 1 is 0.905 bits per heavy atom. The van der Waals surface area contributed by atoms with Gasteiger partial charge in [0.25, 0.3) is 0 Å². The summed E-state index contributed by atoms with van der Waals surface area (Å²) in [7, 11) is 0. The second-order valence-electron chi connectivity index (χ2n) is 4.98. The maximum atomic E-state index is 5.93. The molecular weight excluding hydrogens is 307 g/mol. The minimum absolute atomic E-state index is 0.449. The molecule has 0 N–H and O–H groups in total. The number of hydrogen-bond acceptors (Lipinski definition) is 4. The summed E-state index contributed by atoms with van der Waals surface area (Å²) >= 11 is 11.7. The first-order valence-corrected chi connectivity index (χ1v) is 7.80. The first-order valence-electron chi connectivity index (χ1n) is 6.88. The Kier molecular flexibility index (Phi) is 4.46. The van der Waals surface area contributed by atoms with E-state index in [4.69, 9.17) is 23.2 Å². The summed E-state index contributed by atoms with van der Waals surface area (Å²) in [4.78, 5) is 13.3. The van der Waals surface area contributed by atoms with Crippen molar-refractivity contribution in [2.24, 2.45) is 0 Å². The Labute approximate surface area is 134 Å². The van der Waals surface area contributed by atoms with Crippen molar-refractivity contribution in [2.75, 3.05) is 36.0 Å². The van der Waals surface area contributed by atoms with E-state index in [1.807, 2.05) is 12.1 Å². The van der Waals surface area contributed by atoms with Crippen LogP contribution in [0.5, 0.6) is 0 Å². The van der Waals surface area contributed by atoms with Crippen molar-refractivity contribution < 1.29 is 0 Å². The van der Waals surface area contributed by atoms with Gasteiger partial charge in [-0.3, -0.25) is 0 Å². The van der Waals surface area contributed by atoms with Crippen molar-refractivity contribution in [2.45, 2.75) is 5.88 Å². The van der Waals surface area contributed by atoms with Crippen LogP contribution in [0, 0.1) is 0 Å². The van der Waals surface area contributed by atoms with Gasteiger partial charge in [0, 0.05) is 54.8 Å². The average Bonchev–Trinajstić information content (AvgIpc) is 2.56. The van der Waals surface area contributed by atoms with E-state index >= 15 is 0 Å². The molecule has 110 valence electrons. The topological polar surface area (TPSA) is 32.3 Å². The molecule has 1 saturated heterocycles. The van der Waals surface area contributed by atoms with E-state index in [1.54, 1.807) is 12.4 Å². The van der Waals surface area contributed by atoms with E-state index in [0.717, 1.165) is 42.7 Å². The number of benzene rings is 1. The van der Waals surface area contributed by atoms with Crippen molar-refractivity contribution in [3.8, 4) is 0 Å². The van der Waals surface area contributed by atoms with Gasteiger partial charge in [-0.2, -0.15) is 0 Å². The fourth-order valence-corrected chi connectivity index (χ4v) is 2.66. The Balaban J connectivity index is 1.62. The number of piperazine rings is 1. The summed E-state index contributed by atoms with van der Waals surface area (Å²) in [6.07, 6.45) is 3.59. The lowest BCUT2D eigenvalue weighted by atomic mass is 10.2. The Morgan fingerprint density at radius 3 is 2.05 bits per heavy atom. The normalized spacial score (nSPS) is 15.3. The average molecular weight is 323 g/mol. The number of nitrogens with zero attached hydrogens (tertiary/aromatic N) is 4. The molecule has 4 nitrogen and oxygen atoms in total. The summed E-state index contributed by atoms with van der Waals surface area (Å²) in [6, 6.07) is 7.97. The van der Waals surface area contributed by atoms with Crippen molar-refractivity contribution in [1.82, 2.24) is 9.97 Å². The molecule has 2 heterocycles. The Bertz CT molecular complexity index is 578. The highest BCUT2D eigenvalue weighted by Crippen LogP contribution is 2.20. The predicted molar refractivity (Wildman–Crippen MR) is 87.5 cm³/mol. The lowest BCUT2D eigenvalue weighted by Gasteiger charge is -2.36. The molecule has 1 aromatic carbocycles. The summed E-state index contributed by atoms with van der Waals surface area (Å²) < 4.78 is 0. The van der Waals surface area contributed by atoms with Gasteiger partial charge in [-0.15, -0.1) is 11.6 Å². The molecule has 0 spiro atoms. The molecule has 0 bridgehead atoms. The minimum Gasteiger partial charge on any atom is -0.368 e. The van der Waals surface area contributed by atoms with Gasteiger partial charge in [0.15, 0.2) is 0 Å². The third-order valence-corrected chi connectivity index (χ3v) is 4.16. The van der Waals surface area contributed by atoms with Crippen molar-refractivity contribution in [1.29, 1.82) is 0 Å². The summed E-state index contributed by atoms with van der Waals surface area (Å²) in [5.74, 6) is 1.23. The predicted octanol–water partition coefficient (Wildman–Crippen LogP) is 3.20. The second kappa shape index (κ2) is 6.50. The van der Waals surface area contributed by atoms with Gasteiger partial charge in [-0.25, -0.2) is 9.97 Å². The Morgan fingerprint density at radius 2 is 1.48 bits per heavy atom. The van der Waals surface area contributed by atoms with Crippen LogP contribution >= 0.6 is 23.2 Å². The summed E-state index contributed by atoms with van der Waals surface area (Å²) in [6.45, 7) is 3.70. The fourth-order valence-electron chi connectivity index (χ4n) is 2.40. The van der Waals surface area contributed by atoms with Gasteiger partial charge in [-0.1, -0.05) is 11.6 Å². The van der Waals surface area contributed by atoms with Crippen LogP contribution in [0.3, 0.4) is 0 Å². The quantitative estimate of drug-likeness (QED) is 0.812. The van der Waals surface area contributed by atoms with E-state index in [0.29, 0.717) is 5.88 Å². The molecule has 0 amide bonds. The standard InChI is InChI=1S/C15H16Cl2N4/c16-9-12-10-18-15(19-11-12)21-7-5-20(6-8-21)14-3-1-13(17)2-4-14/h1-4,10-11H,5-9H2. The van der Waals surface area contributed by atoms with Gasteiger partial charge in [-0.05, 0) is 24.3 Å². The maximum Gasteiger partial charge on any atom is 0.225 e. The van der Waals surface area contributed by atoms with Crippen molar-refractivity contribution >= 4 is 34.8 Å². The third-order valence-electron chi connectivity index (χ3n) is 3.60. The molecule has 0 saturated carbocycles. The van der Waals surface area contributed by atoms with Crippen LogP contribution in [-0.4, -0.2) is 36.1 Å². The molecule has 1 aliphatic rings. The molecule has 0 aliphatic carbocycles. The first-order chi connectivity index (χ1) is 10.3. The highest BCUT2D eigenvalue weighted by Gasteiger charge is 2.19. The number of aromatic nitrogens is 2. The second-order valence-corrected chi connectivity index (χ2v) is 5.68. The Hall–Kier alpha value is -1.52. The molecule has 3 rings (SSSR count). The van der Waals surface area contributed by atoms with Crippen LogP contribution < -0.4 is 9.80 Å². The highest BCUT2D eigenvalue weighted by molar-refractivity contribution is 6.30. The van der Waals surface area contributed by atoms with E-state index in [9.17, 15) is 0 Å². The van der Waals surface area contributed by atoms with Crippen LogP contribution in [0.15, 0.2) is 36.7 Å². The van der Waals surface area contributed by atoms with Crippen LogP contribution in [0.4, 0.5) is 11.6 Å². The monoisotopic (exact) mass is 322 g/mol. The molecule has 1 aromatic heterocycles. The zero-order valence-electron chi connectivity index (χ0n) is 11.5. The van der Waals surface area contributed by atoms with Gasteiger partial charge in [0.05, 0.1) is 5.88 Å². The zero-order chi connectivity index (χ0) is 14.7. The van der Waals surface area contributed by atoms with E-state index < -0.39 is 0 Å². The van der Waals surface area contributed by atoms with Crippen LogP contribution in [-0.2, 0) is 5.88 Å². The molecule has 21 heavy (non-hydrogen) atoms. The SMILES string of the molecule is ClCc1cnc(N2CCN(c3ccc(Cl)cc3)CC2)nc1. The fraction of sp³-hybridized carbons (Fsp3) is 0.333. The van der Waals surface area contributed by atoms with Crippen molar-refractivity contribution in [3.05, 3.63) is 47.2 Å². The number of alkyl halides is 1. The minimum atomic E-state index is 0.449. The van der Waals surface area contributed by atoms with Gasteiger partial charge in [0.2, 0.25) is 5.95 Å². The van der Waals surface area contributed by atoms with E-state index in [2.05, 4.69) is 31.9 Å². The molecule has 0 atom stereocenters. The van der Waals surface area contributed by atoms with Crippen LogP contribution in [0.25, 0.3) is 0 Å². The lowest BCUT2D eigenvalue weighted by Crippen LogP contribution is -2.47. The largest absolute Gasteiger partial charge is 0.368 e. The molecular formula is C15H16Cl2N4. The zero-order valence-corrected chi connectivity index (χ0v) is 13.1. The van der Waals surface area contributed by atoms with E-state index in [1.165, 1.54) is 5.69 Å². The van der Waals surface area contributed by atoms with Gasteiger partial charge in [0.1, 0.15) is 0 Å². The lowest BCUT2D eigenvalue weighted by molar-refractivity contribution is 0.639.